The van der Waals surface area contributed by atoms with Crippen LogP contribution in [0.5, 0.6) is 0 Å². The van der Waals surface area contributed by atoms with E-state index in [-0.39, 0.29) is 11.6 Å². The van der Waals surface area contributed by atoms with Gasteiger partial charge in [-0.3, -0.25) is 14.6 Å². The molecular formula is C15H15N3O5S. The number of aliphatic hydroxyl groups excluding tert-OH is 1. The molecule has 4 atom stereocenters. The molecule has 3 rings (SSSR count). The van der Waals surface area contributed by atoms with E-state index in [1.165, 1.54) is 0 Å². The zero-order chi connectivity index (χ0) is 17.3. The Labute approximate surface area is 141 Å². The first-order valence-electron chi connectivity index (χ1n) is 7.24. The Morgan fingerprint density at radius 1 is 1.17 bits per heavy atom. The van der Waals surface area contributed by atoms with Crippen LogP contribution in [0.1, 0.15) is 11.6 Å². The van der Waals surface area contributed by atoms with E-state index >= 15 is 0 Å². The van der Waals surface area contributed by atoms with Gasteiger partial charge >= 0.3 is 5.97 Å². The van der Waals surface area contributed by atoms with E-state index in [1.807, 2.05) is 0 Å². The van der Waals surface area contributed by atoms with Crippen LogP contribution in [-0.2, 0) is 14.4 Å². The second-order valence-corrected chi connectivity index (χ2v) is 6.68. The summed E-state index contributed by atoms with van der Waals surface area (Å²) in [5.41, 5.74) is 0.462. The maximum Gasteiger partial charge on any atom is 0.351 e. The Kier molecular flexibility index (Phi) is 4.54. The number of nitrogens with one attached hydrogen (secondary N) is 2. The number of carbonyl (C=O) groups is 3. The molecule has 1 aromatic carbocycles. The molecule has 8 nitrogen and oxygen atoms in total. The molecule has 2 heterocycles. The van der Waals surface area contributed by atoms with Crippen LogP contribution in [0.4, 0.5) is 0 Å². The molecule has 0 aliphatic carbocycles. The number of hydrogen-bond donors (Lipinski definition) is 4. The highest BCUT2D eigenvalue weighted by Gasteiger charge is 2.44. The Hall–Kier alpha value is -2.39. The van der Waals surface area contributed by atoms with Crippen LogP contribution >= 0.6 is 11.8 Å². The lowest BCUT2D eigenvalue weighted by atomic mass is 10.0. The number of rotatable bonds is 4. The molecule has 9 heteroatoms. The first kappa shape index (κ1) is 16.5. The minimum Gasteiger partial charge on any atom is -0.477 e. The van der Waals surface area contributed by atoms with Gasteiger partial charge in [0.25, 0.3) is 0 Å². The number of nitrogens with zero attached hydrogens (tertiary/aromatic N) is 1. The van der Waals surface area contributed by atoms with Gasteiger partial charge < -0.3 is 20.8 Å². The molecule has 0 bridgehead atoms. The molecule has 4 unspecified atom stereocenters. The van der Waals surface area contributed by atoms with Crippen LogP contribution in [-0.4, -0.2) is 57.0 Å². The first-order valence-corrected chi connectivity index (χ1v) is 8.18. The molecule has 1 fully saturated rings. The summed E-state index contributed by atoms with van der Waals surface area (Å²) in [6.07, 6.45) is 0. The van der Waals surface area contributed by atoms with Crippen molar-refractivity contribution >= 4 is 35.3 Å². The van der Waals surface area contributed by atoms with Crippen LogP contribution in [0, 0.1) is 0 Å². The zero-order valence-electron chi connectivity index (χ0n) is 12.4. The summed E-state index contributed by atoms with van der Waals surface area (Å²) in [5, 5.41) is 22.1. The van der Waals surface area contributed by atoms with Crippen molar-refractivity contribution in [1.29, 1.82) is 0 Å². The normalized spacial score (nSPS) is 29.6. The van der Waals surface area contributed by atoms with Crippen molar-refractivity contribution in [2.75, 3.05) is 6.61 Å². The lowest BCUT2D eigenvalue weighted by molar-refractivity contribution is -0.136. The highest BCUT2D eigenvalue weighted by atomic mass is 32.2. The molecule has 2 aliphatic heterocycles. The predicted molar refractivity (Wildman–Crippen MR) is 86.6 cm³/mol. The average Bonchev–Trinajstić information content (AvgIpc) is 3.02. The van der Waals surface area contributed by atoms with Gasteiger partial charge in [-0.15, -0.1) is 11.8 Å². The Balaban J connectivity index is 1.77. The van der Waals surface area contributed by atoms with Gasteiger partial charge in [-0.25, -0.2) is 4.79 Å². The smallest absolute Gasteiger partial charge is 0.351 e. The molecular weight excluding hydrogens is 334 g/mol. The second kappa shape index (κ2) is 6.62. The van der Waals surface area contributed by atoms with Crippen LogP contribution < -0.4 is 10.6 Å². The van der Waals surface area contributed by atoms with Crippen molar-refractivity contribution in [3.8, 4) is 0 Å². The van der Waals surface area contributed by atoms with Crippen LogP contribution in [0.25, 0.3) is 0 Å². The van der Waals surface area contributed by atoms with Crippen molar-refractivity contribution in [1.82, 2.24) is 10.6 Å². The second-order valence-electron chi connectivity index (χ2n) is 5.36. The number of thioether (sulfide) groups is 1. The molecule has 0 spiro atoms. The topological polar surface area (TPSA) is 128 Å². The van der Waals surface area contributed by atoms with Crippen molar-refractivity contribution < 1.29 is 24.6 Å². The molecule has 24 heavy (non-hydrogen) atoms. The summed E-state index contributed by atoms with van der Waals surface area (Å²) in [4.78, 5) is 39.8. The summed E-state index contributed by atoms with van der Waals surface area (Å²) in [5.74, 6) is -2.06. The summed E-state index contributed by atoms with van der Waals surface area (Å²) in [6, 6.07) is 7.04. The number of aliphatic imine (C=N–C) groups is 1. The Morgan fingerprint density at radius 3 is 2.46 bits per heavy atom. The van der Waals surface area contributed by atoms with Gasteiger partial charge in [0.1, 0.15) is 23.2 Å². The van der Waals surface area contributed by atoms with Gasteiger partial charge in [0.05, 0.1) is 11.9 Å². The standard InChI is InChI=1S/C15H15N3O5S/c19-6-8-10(15(22)23)18-14(24-8)11-13(21)16-9(12(20)17-11)7-4-2-1-3-5-7/h1-5,8-9,11,14,19H,6H2,(H,16,21)(H,17,20)(H,22,23). The molecule has 126 valence electrons. The fourth-order valence-electron chi connectivity index (χ4n) is 2.64. The van der Waals surface area contributed by atoms with Gasteiger partial charge in [-0.05, 0) is 5.56 Å². The number of hydrogen-bond acceptors (Lipinski definition) is 6. The number of carboxylic acid groups (broad SMARTS) is 1. The van der Waals surface area contributed by atoms with Crippen molar-refractivity contribution in [2.45, 2.75) is 22.7 Å². The van der Waals surface area contributed by atoms with E-state index in [4.69, 9.17) is 5.11 Å². The summed E-state index contributed by atoms with van der Waals surface area (Å²) >= 11 is 1.05. The number of carbonyl (C=O) groups excluding carboxylic acids is 2. The van der Waals surface area contributed by atoms with Gasteiger partial charge in [0, 0.05) is 0 Å². The largest absolute Gasteiger partial charge is 0.477 e. The highest BCUT2D eigenvalue weighted by Crippen LogP contribution is 2.32. The molecule has 4 N–H and O–H groups in total. The van der Waals surface area contributed by atoms with E-state index in [9.17, 15) is 19.5 Å². The molecule has 1 aromatic rings. The van der Waals surface area contributed by atoms with Crippen LogP contribution in [0.2, 0.25) is 0 Å². The van der Waals surface area contributed by atoms with Crippen molar-refractivity contribution in [3.05, 3.63) is 35.9 Å². The lowest BCUT2D eigenvalue weighted by Gasteiger charge is -2.31. The maximum atomic E-state index is 12.4. The van der Waals surface area contributed by atoms with Crippen LogP contribution in [0.15, 0.2) is 35.3 Å². The SMILES string of the molecule is O=C(O)C1=NC(C2NC(=O)C(c3ccccc3)NC2=O)SC1CO. The number of aliphatic carboxylic acids is 1. The van der Waals surface area contributed by atoms with E-state index < -0.39 is 41.2 Å². The fraction of sp³-hybridized carbons (Fsp3) is 0.333. The molecule has 1 saturated heterocycles. The molecule has 2 aliphatic rings. The molecule has 0 radical (unpaired) electrons. The number of carboxylic acids is 1. The highest BCUT2D eigenvalue weighted by molar-refractivity contribution is 8.01. The van der Waals surface area contributed by atoms with Crippen LogP contribution in [0.3, 0.4) is 0 Å². The summed E-state index contributed by atoms with van der Waals surface area (Å²) < 4.78 is 0. The molecule has 0 aromatic heterocycles. The number of benzene rings is 1. The zero-order valence-corrected chi connectivity index (χ0v) is 13.2. The molecule has 0 saturated carbocycles. The maximum absolute atomic E-state index is 12.4. The van der Waals surface area contributed by atoms with Gasteiger partial charge in [0.2, 0.25) is 11.8 Å². The van der Waals surface area contributed by atoms with Crippen molar-refractivity contribution in [3.63, 3.8) is 0 Å². The first-order chi connectivity index (χ1) is 11.5. The number of piperazine rings is 1. The lowest BCUT2D eigenvalue weighted by Crippen LogP contribution is -2.60. The third kappa shape index (κ3) is 3.00. The third-order valence-corrected chi connectivity index (χ3v) is 5.16. The van der Waals surface area contributed by atoms with E-state index in [0.29, 0.717) is 5.56 Å². The average molecular weight is 349 g/mol. The minimum absolute atomic E-state index is 0.195. The third-order valence-electron chi connectivity index (χ3n) is 3.81. The van der Waals surface area contributed by atoms with Gasteiger partial charge in [-0.2, -0.15) is 0 Å². The quantitative estimate of drug-likeness (QED) is 0.569. The number of amides is 2. The van der Waals surface area contributed by atoms with E-state index in [2.05, 4.69) is 15.6 Å². The van der Waals surface area contributed by atoms with Gasteiger partial charge in [-0.1, -0.05) is 30.3 Å². The fourth-order valence-corrected chi connectivity index (χ4v) is 3.88. The van der Waals surface area contributed by atoms with E-state index in [0.717, 1.165) is 11.8 Å². The van der Waals surface area contributed by atoms with Crippen molar-refractivity contribution in [2.24, 2.45) is 4.99 Å². The Bertz CT molecular complexity index is 708. The van der Waals surface area contributed by atoms with Gasteiger partial charge in [0.15, 0.2) is 0 Å². The minimum atomic E-state index is -1.24. The molecule has 2 amide bonds. The number of aliphatic hydroxyl groups is 1. The monoisotopic (exact) mass is 349 g/mol. The van der Waals surface area contributed by atoms with E-state index in [1.54, 1.807) is 30.3 Å². The Morgan fingerprint density at radius 2 is 1.88 bits per heavy atom. The summed E-state index contributed by atoms with van der Waals surface area (Å²) in [7, 11) is 0. The summed E-state index contributed by atoms with van der Waals surface area (Å²) in [6.45, 7) is -0.402. The predicted octanol–water partition coefficient (Wildman–Crippen LogP) is -0.698.